The van der Waals surface area contributed by atoms with E-state index in [1.165, 1.54) is 5.56 Å². The first-order chi connectivity index (χ1) is 11.1. The lowest BCUT2D eigenvalue weighted by Crippen LogP contribution is -2.12. The number of benzene rings is 2. The van der Waals surface area contributed by atoms with Crippen LogP contribution in [-0.4, -0.2) is 10.5 Å². The SMILES string of the molecule is Cc1c(C(N)=O)cc(-c2cccc(Br)c2)n1Cc1ccccc1. The maximum absolute atomic E-state index is 11.7. The number of aromatic nitrogens is 1. The molecule has 23 heavy (non-hydrogen) atoms. The van der Waals surface area contributed by atoms with Gasteiger partial charge in [-0.05, 0) is 36.2 Å². The van der Waals surface area contributed by atoms with Crippen molar-refractivity contribution in [2.24, 2.45) is 5.73 Å². The van der Waals surface area contributed by atoms with Crippen LogP contribution in [0.2, 0.25) is 0 Å². The van der Waals surface area contributed by atoms with Crippen molar-refractivity contribution in [2.75, 3.05) is 0 Å². The fraction of sp³-hybridized carbons (Fsp3) is 0.105. The Hall–Kier alpha value is -2.33. The van der Waals surface area contributed by atoms with Crippen molar-refractivity contribution in [3.63, 3.8) is 0 Å². The molecular formula is C19H17BrN2O. The van der Waals surface area contributed by atoms with Crippen molar-refractivity contribution in [1.29, 1.82) is 0 Å². The van der Waals surface area contributed by atoms with E-state index in [4.69, 9.17) is 5.73 Å². The molecule has 3 nitrogen and oxygen atoms in total. The number of primary amides is 1. The largest absolute Gasteiger partial charge is 0.366 e. The molecule has 0 bridgehead atoms. The van der Waals surface area contributed by atoms with Crippen LogP contribution >= 0.6 is 15.9 Å². The van der Waals surface area contributed by atoms with Gasteiger partial charge in [-0.15, -0.1) is 0 Å². The Kier molecular flexibility index (Phi) is 4.35. The highest BCUT2D eigenvalue weighted by Crippen LogP contribution is 2.28. The molecule has 0 aliphatic heterocycles. The summed E-state index contributed by atoms with van der Waals surface area (Å²) in [6, 6.07) is 20.1. The summed E-state index contributed by atoms with van der Waals surface area (Å²) >= 11 is 3.50. The van der Waals surface area contributed by atoms with Gasteiger partial charge in [0.25, 0.3) is 5.91 Å². The number of hydrogen-bond donors (Lipinski definition) is 1. The lowest BCUT2D eigenvalue weighted by molar-refractivity contribution is 0.0999. The molecule has 0 radical (unpaired) electrons. The highest BCUT2D eigenvalue weighted by molar-refractivity contribution is 9.10. The van der Waals surface area contributed by atoms with Gasteiger partial charge in [-0.1, -0.05) is 58.4 Å². The minimum atomic E-state index is -0.398. The molecule has 2 aromatic carbocycles. The third-order valence-corrected chi connectivity index (χ3v) is 4.43. The Morgan fingerprint density at radius 2 is 1.83 bits per heavy atom. The zero-order valence-corrected chi connectivity index (χ0v) is 14.4. The second-order valence-electron chi connectivity index (χ2n) is 5.48. The first-order valence-corrected chi connectivity index (χ1v) is 8.15. The normalized spacial score (nSPS) is 10.7. The number of carbonyl (C=O) groups is 1. The van der Waals surface area contributed by atoms with Crippen molar-refractivity contribution < 1.29 is 4.79 Å². The van der Waals surface area contributed by atoms with Crippen molar-refractivity contribution in [3.05, 3.63) is 82.0 Å². The fourth-order valence-corrected chi connectivity index (χ4v) is 3.15. The summed E-state index contributed by atoms with van der Waals surface area (Å²) < 4.78 is 3.14. The summed E-state index contributed by atoms with van der Waals surface area (Å²) in [6.07, 6.45) is 0. The van der Waals surface area contributed by atoms with E-state index >= 15 is 0 Å². The first-order valence-electron chi connectivity index (χ1n) is 7.36. The lowest BCUT2D eigenvalue weighted by atomic mass is 10.1. The number of nitrogens with zero attached hydrogens (tertiary/aromatic N) is 1. The number of halogens is 1. The average molecular weight is 369 g/mol. The molecular weight excluding hydrogens is 352 g/mol. The van der Waals surface area contributed by atoms with Crippen molar-refractivity contribution >= 4 is 21.8 Å². The zero-order valence-electron chi connectivity index (χ0n) is 12.8. The Morgan fingerprint density at radius 1 is 1.09 bits per heavy atom. The van der Waals surface area contributed by atoms with Crippen LogP contribution in [-0.2, 0) is 6.54 Å². The molecule has 0 fully saturated rings. The second-order valence-corrected chi connectivity index (χ2v) is 6.39. The van der Waals surface area contributed by atoms with Gasteiger partial charge < -0.3 is 10.3 Å². The van der Waals surface area contributed by atoms with Crippen molar-refractivity contribution in [3.8, 4) is 11.3 Å². The summed E-state index contributed by atoms with van der Waals surface area (Å²) in [5, 5.41) is 0. The molecule has 0 spiro atoms. The van der Waals surface area contributed by atoms with E-state index < -0.39 is 5.91 Å². The number of rotatable bonds is 4. The maximum atomic E-state index is 11.7. The quantitative estimate of drug-likeness (QED) is 0.729. The molecule has 4 heteroatoms. The van der Waals surface area contributed by atoms with Gasteiger partial charge in [-0.3, -0.25) is 4.79 Å². The van der Waals surface area contributed by atoms with Crippen molar-refractivity contribution in [1.82, 2.24) is 4.57 Å². The van der Waals surface area contributed by atoms with Gasteiger partial charge in [0.05, 0.1) is 5.56 Å². The van der Waals surface area contributed by atoms with Gasteiger partial charge in [0.15, 0.2) is 0 Å². The fourth-order valence-electron chi connectivity index (χ4n) is 2.75. The highest BCUT2D eigenvalue weighted by atomic mass is 79.9. The summed E-state index contributed by atoms with van der Waals surface area (Å²) in [4.78, 5) is 11.7. The summed E-state index contributed by atoms with van der Waals surface area (Å²) in [5.41, 5.74) is 10.2. The van der Waals surface area contributed by atoms with Crippen LogP contribution in [0.15, 0.2) is 65.1 Å². The molecule has 0 atom stereocenters. The Labute approximate surface area is 143 Å². The minimum absolute atomic E-state index is 0.398. The Morgan fingerprint density at radius 3 is 2.48 bits per heavy atom. The van der Waals surface area contributed by atoms with Crippen LogP contribution in [0.3, 0.4) is 0 Å². The van der Waals surface area contributed by atoms with E-state index in [-0.39, 0.29) is 0 Å². The summed E-state index contributed by atoms with van der Waals surface area (Å²) in [5.74, 6) is -0.398. The number of nitrogens with two attached hydrogens (primary N) is 1. The van der Waals surface area contributed by atoms with Crippen LogP contribution in [0, 0.1) is 6.92 Å². The molecule has 0 unspecified atom stereocenters. The van der Waals surface area contributed by atoms with E-state index in [2.05, 4.69) is 32.6 Å². The summed E-state index contributed by atoms with van der Waals surface area (Å²) in [6.45, 7) is 2.63. The van der Waals surface area contributed by atoms with Crippen LogP contribution in [0.4, 0.5) is 0 Å². The molecule has 0 saturated carbocycles. The van der Waals surface area contributed by atoms with Gasteiger partial charge in [0, 0.05) is 22.4 Å². The predicted octanol–water partition coefficient (Wildman–Crippen LogP) is 4.37. The molecule has 3 aromatic rings. The predicted molar refractivity (Wildman–Crippen MR) is 96.4 cm³/mol. The summed E-state index contributed by atoms with van der Waals surface area (Å²) in [7, 11) is 0. The van der Waals surface area contributed by atoms with E-state index in [0.29, 0.717) is 12.1 Å². The molecule has 3 rings (SSSR count). The molecule has 1 aromatic heterocycles. The van der Waals surface area contributed by atoms with E-state index in [1.54, 1.807) is 0 Å². The smallest absolute Gasteiger partial charge is 0.250 e. The topological polar surface area (TPSA) is 48.0 Å². The van der Waals surface area contributed by atoms with E-state index in [0.717, 1.165) is 21.4 Å². The van der Waals surface area contributed by atoms with Crippen LogP contribution in [0.25, 0.3) is 11.3 Å². The second kappa shape index (κ2) is 6.42. The van der Waals surface area contributed by atoms with Gasteiger partial charge in [-0.2, -0.15) is 0 Å². The van der Waals surface area contributed by atoms with Gasteiger partial charge in [-0.25, -0.2) is 0 Å². The molecule has 2 N–H and O–H groups in total. The van der Waals surface area contributed by atoms with Crippen LogP contribution in [0.1, 0.15) is 21.6 Å². The van der Waals surface area contributed by atoms with E-state index in [1.807, 2.05) is 55.5 Å². The van der Waals surface area contributed by atoms with Gasteiger partial charge in [0.2, 0.25) is 0 Å². The lowest BCUT2D eigenvalue weighted by Gasteiger charge is -2.12. The van der Waals surface area contributed by atoms with E-state index in [9.17, 15) is 4.79 Å². The maximum Gasteiger partial charge on any atom is 0.250 e. The van der Waals surface area contributed by atoms with Crippen LogP contribution in [0.5, 0.6) is 0 Å². The minimum Gasteiger partial charge on any atom is -0.366 e. The molecule has 0 saturated heterocycles. The molecule has 0 aliphatic rings. The Balaban J connectivity index is 2.14. The number of carbonyl (C=O) groups excluding carboxylic acids is 1. The van der Waals surface area contributed by atoms with Gasteiger partial charge in [0.1, 0.15) is 0 Å². The zero-order chi connectivity index (χ0) is 16.4. The monoisotopic (exact) mass is 368 g/mol. The molecule has 116 valence electrons. The molecule has 1 amide bonds. The first kappa shape index (κ1) is 15.6. The molecule has 0 aliphatic carbocycles. The third-order valence-electron chi connectivity index (χ3n) is 3.94. The number of amides is 1. The number of hydrogen-bond acceptors (Lipinski definition) is 1. The third kappa shape index (κ3) is 3.22. The van der Waals surface area contributed by atoms with Crippen molar-refractivity contribution in [2.45, 2.75) is 13.5 Å². The van der Waals surface area contributed by atoms with Crippen LogP contribution < -0.4 is 5.73 Å². The van der Waals surface area contributed by atoms with Gasteiger partial charge >= 0.3 is 0 Å². The Bertz CT molecular complexity index is 853. The average Bonchev–Trinajstić information content (AvgIpc) is 2.86. The standard InChI is InChI=1S/C19H17BrN2O/c1-13-17(19(21)23)11-18(15-8-5-9-16(20)10-15)22(13)12-14-6-3-2-4-7-14/h2-11H,12H2,1H3,(H2,21,23). The molecule has 1 heterocycles. The highest BCUT2D eigenvalue weighted by Gasteiger charge is 2.17.